The second kappa shape index (κ2) is 10.2. The predicted molar refractivity (Wildman–Crippen MR) is 101 cm³/mol. The van der Waals surface area contributed by atoms with Gasteiger partial charge in [0.2, 0.25) is 0 Å². The second-order valence-electron chi connectivity index (χ2n) is 6.53. The first-order valence-electron chi connectivity index (χ1n) is 9.21. The van der Waals surface area contributed by atoms with Crippen LogP contribution in [0.1, 0.15) is 29.4 Å². The zero-order valence-corrected chi connectivity index (χ0v) is 16.4. The number of hydrogen-bond donors (Lipinski definition) is 1. The second-order valence-corrected chi connectivity index (χ2v) is 6.53. The minimum absolute atomic E-state index is 0.912. The number of carboxylic acids is 1. The number of alkyl halides is 3. The van der Waals surface area contributed by atoms with Gasteiger partial charge in [-0.3, -0.25) is 4.90 Å². The van der Waals surface area contributed by atoms with Crippen molar-refractivity contribution in [2.75, 3.05) is 20.2 Å². The summed E-state index contributed by atoms with van der Waals surface area (Å²) in [5.41, 5.74) is 5.16. The minimum atomic E-state index is -5.08. The maximum Gasteiger partial charge on any atom is 0.490 e. The average molecular weight is 411 g/mol. The summed E-state index contributed by atoms with van der Waals surface area (Å²) in [7, 11) is 1.70. The van der Waals surface area contributed by atoms with Crippen molar-refractivity contribution in [2.45, 2.75) is 38.9 Å². The van der Waals surface area contributed by atoms with Crippen LogP contribution in [0.5, 0.6) is 5.75 Å². The molecular formula is C20H24F3N3O3. The van der Waals surface area contributed by atoms with Crippen molar-refractivity contribution in [3.05, 3.63) is 53.1 Å². The lowest BCUT2D eigenvalue weighted by Crippen LogP contribution is -2.25. The molecule has 2 aromatic rings. The van der Waals surface area contributed by atoms with E-state index in [1.54, 1.807) is 13.4 Å². The van der Waals surface area contributed by atoms with Gasteiger partial charge in [0.15, 0.2) is 0 Å². The van der Waals surface area contributed by atoms with Gasteiger partial charge in [0.05, 0.1) is 7.11 Å². The van der Waals surface area contributed by atoms with Crippen LogP contribution in [0.25, 0.3) is 0 Å². The van der Waals surface area contributed by atoms with Gasteiger partial charge in [0.1, 0.15) is 12.1 Å². The van der Waals surface area contributed by atoms with Gasteiger partial charge in [-0.2, -0.15) is 13.2 Å². The summed E-state index contributed by atoms with van der Waals surface area (Å²) in [5, 5.41) is 7.12. The monoisotopic (exact) mass is 411 g/mol. The Balaban J connectivity index is 0.000000370. The Kier molecular flexibility index (Phi) is 7.95. The van der Waals surface area contributed by atoms with Crippen LogP contribution < -0.4 is 4.74 Å². The lowest BCUT2D eigenvalue weighted by Gasteiger charge is -2.19. The number of ether oxygens (including phenoxy) is 1. The van der Waals surface area contributed by atoms with Crippen molar-refractivity contribution >= 4 is 5.97 Å². The Morgan fingerprint density at radius 1 is 1.17 bits per heavy atom. The molecule has 0 atom stereocenters. The number of aromatic nitrogens is 2. The van der Waals surface area contributed by atoms with Crippen LogP contribution in [0, 0.1) is 0 Å². The Labute approximate surface area is 167 Å². The smallest absolute Gasteiger partial charge is 0.490 e. The number of nitrogens with zero attached hydrogens (tertiary/aromatic N) is 3. The lowest BCUT2D eigenvalue weighted by molar-refractivity contribution is -0.192. The molecule has 1 aromatic carbocycles. The fourth-order valence-corrected chi connectivity index (χ4v) is 3.09. The Hall–Kier alpha value is -2.68. The summed E-state index contributed by atoms with van der Waals surface area (Å²) in [5.74, 6) is -1.85. The van der Waals surface area contributed by atoms with Gasteiger partial charge in [0.25, 0.3) is 0 Å². The molecule has 9 heteroatoms. The number of aliphatic carboxylic acids is 1. The van der Waals surface area contributed by atoms with Gasteiger partial charge in [-0.25, -0.2) is 14.8 Å². The Bertz CT molecular complexity index is 811. The molecular weight excluding hydrogens is 387 g/mol. The molecule has 2 heterocycles. The summed E-state index contributed by atoms with van der Waals surface area (Å²) in [4.78, 5) is 20.3. The summed E-state index contributed by atoms with van der Waals surface area (Å²) < 4.78 is 37.0. The molecule has 1 aliphatic rings. The maximum absolute atomic E-state index is 10.6. The first kappa shape index (κ1) is 22.6. The molecule has 0 saturated heterocycles. The van der Waals surface area contributed by atoms with E-state index in [0.717, 1.165) is 44.6 Å². The van der Waals surface area contributed by atoms with Crippen molar-refractivity contribution in [3.8, 4) is 5.75 Å². The fourth-order valence-electron chi connectivity index (χ4n) is 3.09. The van der Waals surface area contributed by atoms with E-state index in [4.69, 9.17) is 14.6 Å². The molecule has 158 valence electrons. The van der Waals surface area contributed by atoms with Crippen molar-refractivity contribution in [1.82, 2.24) is 14.9 Å². The molecule has 0 fully saturated rings. The number of benzene rings is 1. The first-order valence-corrected chi connectivity index (χ1v) is 9.21. The molecule has 1 N–H and O–H groups in total. The van der Waals surface area contributed by atoms with Crippen LogP contribution in [0.15, 0.2) is 30.6 Å². The van der Waals surface area contributed by atoms with E-state index < -0.39 is 12.1 Å². The molecule has 0 amide bonds. The molecule has 0 radical (unpaired) electrons. The third kappa shape index (κ3) is 6.70. The standard InChI is InChI=1S/C18H23N3O.C2HF3O2/c1-3-17-16-8-10-21(11-9-18(16)20-13-19-17)12-14-4-6-15(22-2)7-5-14;3-2(4,5)1(6)7/h4-7,13H,3,8-12H2,1-2H3;(H,6,7). The molecule has 0 saturated carbocycles. The van der Waals surface area contributed by atoms with E-state index in [1.165, 1.54) is 22.5 Å². The van der Waals surface area contributed by atoms with Gasteiger partial charge < -0.3 is 9.84 Å². The summed E-state index contributed by atoms with van der Waals surface area (Å²) in [6.07, 6.45) is -0.309. The van der Waals surface area contributed by atoms with Gasteiger partial charge >= 0.3 is 12.1 Å². The number of carboxylic acid groups (broad SMARTS) is 1. The van der Waals surface area contributed by atoms with E-state index in [-0.39, 0.29) is 0 Å². The SMILES string of the molecule is CCc1ncnc2c1CCN(Cc1ccc(OC)cc1)CC2.O=C(O)C(F)(F)F. The van der Waals surface area contributed by atoms with Gasteiger partial charge in [-0.15, -0.1) is 0 Å². The van der Waals surface area contributed by atoms with E-state index in [2.05, 4.69) is 33.9 Å². The third-order valence-corrected chi connectivity index (χ3v) is 4.61. The van der Waals surface area contributed by atoms with Crippen molar-refractivity contribution < 1.29 is 27.8 Å². The van der Waals surface area contributed by atoms with Crippen LogP contribution >= 0.6 is 0 Å². The van der Waals surface area contributed by atoms with Crippen LogP contribution in [-0.4, -0.2) is 52.3 Å². The molecule has 0 spiro atoms. The zero-order chi connectivity index (χ0) is 21.4. The van der Waals surface area contributed by atoms with Gasteiger partial charge in [0, 0.05) is 37.4 Å². The average Bonchev–Trinajstić information content (AvgIpc) is 2.91. The highest BCUT2D eigenvalue weighted by molar-refractivity contribution is 5.73. The largest absolute Gasteiger partial charge is 0.497 e. The Morgan fingerprint density at radius 2 is 1.79 bits per heavy atom. The van der Waals surface area contributed by atoms with Gasteiger partial charge in [-0.1, -0.05) is 19.1 Å². The summed E-state index contributed by atoms with van der Waals surface area (Å²) in [6.45, 7) is 5.27. The number of fused-ring (bicyclic) bond motifs is 1. The summed E-state index contributed by atoms with van der Waals surface area (Å²) >= 11 is 0. The van der Waals surface area contributed by atoms with E-state index >= 15 is 0 Å². The maximum atomic E-state index is 10.6. The molecule has 0 bridgehead atoms. The number of rotatable bonds is 4. The fraction of sp³-hybridized carbons (Fsp3) is 0.450. The molecule has 6 nitrogen and oxygen atoms in total. The first-order chi connectivity index (χ1) is 13.7. The highest BCUT2D eigenvalue weighted by Gasteiger charge is 2.38. The number of hydrogen-bond acceptors (Lipinski definition) is 5. The number of methoxy groups -OCH3 is 1. The van der Waals surface area contributed by atoms with Crippen molar-refractivity contribution in [2.24, 2.45) is 0 Å². The zero-order valence-electron chi connectivity index (χ0n) is 16.4. The topological polar surface area (TPSA) is 75.5 Å². The lowest BCUT2D eigenvalue weighted by atomic mass is 10.1. The van der Waals surface area contributed by atoms with Crippen molar-refractivity contribution in [3.63, 3.8) is 0 Å². The Morgan fingerprint density at radius 3 is 2.34 bits per heavy atom. The van der Waals surface area contributed by atoms with Crippen LogP contribution in [0.3, 0.4) is 0 Å². The molecule has 1 aromatic heterocycles. The minimum Gasteiger partial charge on any atom is -0.497 e. The van der Waals surface area contributed by atoms with E-state index in [9.17, 15) is 13.2 Å². The number of halogens is 3. The van der Waals surface area contributed by atoms with E-state index in [1.807, 2.05) is 12.1 Å². The van der Waals surface area contributed by atoms with E-state index in [0.29, 0.717) is 0 Å². The van der Waals surface area contributed by atoms with Crippen LogP contribution in [0.2, 0.25) is 0 Å². The third-order valence-electron chi connectivity index (χ3n) is 4.61. The number of aryl methyl sites for hydroxylation is 1. The normalized spacial score (nSPS) is 14.2. The van der Waals surface area contributed by atoms with Crippen molar-refractivity contribution in [1.29, 1.82) is 0 Å². The summed E-state index contributed by atoms with van der Waals surface area (Å²) in [6, 6.07) is 8.35. The molecule has 0 unspecified atom stereocenters. The van der Waals surface area contributed by atoms with Gasteiger partial charge in [-0.05, 0) is 36.1 Å². The molecule has 1 aliphatic heterocycles. The quantitative estimate of drug-likeness (QED) is 0.832. The highest BCUT2D eigenvalue weighted by Crippen LogP contribution is 2.19. The molecule has 3 rings (SSSR count). The molecule has 0 aliphatic carbocycles. The molecule has 29 heavy (non-hydrogen) atoms. The number of carbonyl (C=O) groups is 1. The predicted octanol–water partition coefficient (Wildman–Crippen LogP) is 3.28. The van der Waals surface area contributed by atoms with Crippen LogP contribution in [-0.2, 0) is 30.6 Å². The van der Waals surface area contributed by atoms with Crippen LogP contribution in [0.4, 0.5) is 13.2 Å². The highest BCUT2D eigenvalue weighted by atomic mass is 19.4.